The van der Waals surface area contributed by atoms with Gasteiger partial charge in [-0.3, -0.25) is 0 Å². The minimum atomic E-state index is -2.82. The summed E-state index contributed by atoms with van der Waals surface area (Å²) in [6.07, 6.45) is -4.64. The molecule has 0 saturated heterocycles. The van der Waals surface area contributed by atoms with Crippen molar-refractivity contribution in [3.05, 3.63) is 22.2 Å². The van der Waals surface area contributed by atoms with Crippen molar-refractivity contribution in [1.82, 2.24) is 0 Å². The minimum Gasteiger partial charge on any atom is -0.486 e. The van der Waals surface area contributed by atoms with E-state index in [0.29, 0.717) is 29.2 Å². The highest BCUT2D eigenvalue weighted by Gasteiger charge is 2.24. The summed E-state index contributed by atoms with van der Waals surface area (Å²) >= 11 is 3.19. The molecule has 0 saturated carbocycles. The van der Waals surface area contributed by atoms with E-state index in [-0.39, 0.29) is 5.56 Å². The predicted octanol–water partition coefficient (Wildman–Crippen LogP) is 2.52. The summed E-state index contributed by atoms with van der Waals surface area (Å²) in [7, 11) is 0. The lowest BCUT2D eigenvalue weighted by atomic mass is 10.1. The van der Waals surface area contributed by atoms with Crippen molar-refractivity contribution < 1.29 is 23.4 Å². The lowest BCUT2D eigenvalue weighted by Crippen LogP contribution is -2.17. The molecule has 1 unspecified atom stereocenters. The molecule has 0 bridgehead atoms. The molecule has 1 aromatic rings. The molecule has 1 aromatic carbocycles. The smallest absolute Gasteiger partial charge is 0.268 e. The van der Waals surface area contributed by atoms with Crippen molar-refractivity contribution in [3.63, 3.8) is 0 Å². The van der Waals surface area contributed by atoms with Crippen LogP contribution in [0.2, 0.25) is 0 Å². The van der Waals surface area contributed by atoms with E-state index in [0.717, 1.165) is 0 Å². The summed E-state index contributed by atoms with van der Waals surface area (Å²) in [6, 6.07) is 2.78. The van der Waals surface area contributed by atoms with Crippen LogP contribution < -0.4 is 9.47 Å². The fourth-order valence-corrected chi connectivity index (χ4v) is 2.02. The first-order valence-electron chi connectivity index (χ1n) is 4.65. The van der Waals surface area contributed by atoms with Gasteiger partial charge in [0.1, 0.15) is 19.3 Å². The average molecular weight is 295 g/mol. The Balaban J connectivity index is 2.39. The number of fused-ring (bicyclic) bond motifs is 1. The summed E-state index contributed by atoms with van der Waals surface area (Å²) in [5, 5.41) is 9.26. The van der Waals surface area contributed by atoms with E-state index < -0.39 is 12.5 Å². The number of hydrogen-bond acceptors (Lipinski definition) is 3. The molecule has 88 valence electrons. The van der Waals surface area contributed by atoms with Crippen molar-refractivity contribution in [2.45, 2.75) is 12.5 Å². The third kappa shape index (κ3) is 2.12. The Morgan fingerprint density at radius 3 is 2.62 bits per heavy atom. The molecular weight excluding hydrogens is 286 g/mol. The largest absolute Gasteiger partial charge is 0.486 e. The van der Waals surface area contributed by atoms with Crippen molar-refractivity contribution >= 4 is 15.9 Å². The van der Waals surface area contributed by atoms with E-state index in [4.69, 9.17) is 9.47 Å². The van der Waals surface area contributed by atoms with Gasteiger partial charge in [-0.15, -0.1) is 0 Å². The summed E-state index contributed by atoms with van der Waals surface area (Å²) < 4.78 is 35.8. The summed E-state index contributed by atoms with van der Waals surface area (Å²) in [4.78, 5) is 0. The number of halogens is 3. The van der Waals surface area contributed by atoms with Gasteiger partial charge in [-0.25, -0.2) is 8.78 Å². The zero-order chi connectivity index (χ0) is 11.7. The monoisotopic (exact) mass is 294 g/mol. The molecular formula is C10H9BrF2O3. The molecule has 1 aliphatic rings. The van der Waals surface area contributed by atoms with Crippen LogP contribution in [0, 0.1) is 0 Å². The molecule has 0 aliphatic carbocycles. The van der Waals surface area contributed by atoms with Crippen LogP contribution in [0.25, 0.3) is 0 Å². The third-order valence-electron chi connectivity index (χ3n) is 2.20. The molecule has 6 heteroatoms. The second kappa shape index (κ2) is 4.55. The highest BCUT2D eigenvalue weighted by atomic mass is 79.9. The quantitative estimate of drug-likeness (QED) is 0.911. The third-order valence-corrected chi connectivity index (χ3v) is 2.79. The van der Waals surface area contributed by atoms with Gasteiger partial charge in [0.25, 0.3) is 6.43 Å². The maximum absolute atomic E-state index is 12.3. The van der Waals surface area contributed by atoms with Crippen LogP contribution in [0.1, 0.15) is 11.7 Å². The second-order valence-electron chi connectivity index (χ2n) is 3.31. The first-order valence-corrected chi connectivity index (χ1v) is 5.44. The van der Waals surface area contributed by atoms with E-state index in [1.165, 1.54) is 12.1 Å². The fraction of sp³-hybridized carbons (Fsp3) is 0.400. The van der Waals surface area contributed by atoms with E-state index in [9.17, 15) is 13.9 Å². The Bertz CT molecular complexity index is 398. The Morgan fingerprint density at radius 2 is 1.94 bits per heavy atom. The summed E-state index contributed by atoms with van der Waals surface area (Å²) in [5.41, 5.74) is 0.103. The Kier molecular flexibility index (Phi) is 3.30. The van der Waals surface area contributed by atoms with Gasteiger partial charge >= 0.3 is 0 Å². The topological polar surface area (TPSA) is 38.7 Å². The second-order valence-corrected chi connectivity index (χ2v) is 4.16. The summed E-state index contributed by atoms with van der Waals surface area (Å²) in [5.74, 6) is 0.854. The lowest BCUT2D eigenvalue weighted by Gasteiger charge is -2.21. The normalized spacial score (nSPS) is 16.3. The summed E-state index contributed by atoms with van der Waals surface area (Å²) in [6.45, 7) is 0.788. The van der Waals surface area contributed by atoms with Gasteiger partial charge < -0.3 is 14.6 Å². The first kappa shape index (κ1) is 11.6. The molecule has 1 N–H and O–H groups in total. The van der Waals surface area contributed by atoms with Crippen LogP contribution in [-0.2, 0) is 0 Å². The van der Waals surface area contributed by atoms with Gasteiger partial charge in [-0.2, -0.15) is 0 Å². The van der Waals surface area contributed by atoms with Crippen LogP contribution in [0.4, 0.5) is 8.78 Å². The van der Waals surface area contributed by atoms with Gasteiger partial charge in [-0.05, 0) is 33.6 Å². The number of alkyl halides is 2. The fourth-order valence-electron chi connectivity index (χ4n) is 1.45. The zero-order valence-corrected chi connectivity index (χ0v) is 9.71. The number of aliphatic hydroxyl groups excluding tert-OH is 1. The van der Waals surface area contributed by atoms with Gasteiger partial charge in [0.2, 0.25) is 0 Å². The van der Waals surface area contributed by atoms with Crippen LogP contribution in [0.15, 0.2) is 16.6 Å². The highest BCUT2D eigenvalue weighted by Crippen LogP contribution is 2.40. The number of rotatable bonds is 2. The molecule has 2 rings (SSSR count). The highest BCUT2D eigenvalue weighted by molar-refractivity contribution is 9.10. The van der Waals surface area contributed by atoms with Crippen molar-refractivity contribution in [3.8, 4) is 11.5 Å². The number of benzene rings is 1. The molecule has 0 aromatic heterocycles. The van der Waals surface area contributed by atoms with Crippen LogP contribution >= 0.6 is 15.9 Å². The predicted molar refractivity (Wildman–Crippen MR) is 56.1 cm³/mol. The Hall–Kier alpha value is -0.880. The molecule has 3 nitrogen and oxygen atoms in total. The van der Waals surface area contributed by atoms with E-state index in [1.807, 2.05) is 0 Å². The van der Waals surface area contributed by atoms with Crippen LogP contribution in [0.5, 0.6) is 11.5 Å². The van der Waals surface area contributed by atoms with Crippen LogP contribution in [-0.4, -0.2) is 24.7 Å². The van der Waals surface area contributed by atoms with E-state index in [1.54, 1.807) is 0 Å². The van der Waals surface area contributed by atoms with Gasteiger partial charge in [0, 0.05) is 0 Å². The first-order chi connectivity index (χ1) is 7.59. The Labute approximate surface area is 99.1 Å². The minimum absolute atomic E-state index is 0.103. The van der Waals surface area contributed by atoms with Gasteiger partial charge in [0.05, 0.1) is 4.47 Å². The molecule has 0 radical (unpaired) electrons. The SMILES string of the molecule is OC(c1cc(Br)c2c(c1)OCCO2)C(F)F. The molecule has 1 aliphatic heterocycles. The van der Waals surface area contributed by atoms with Gasteiger partial charge in [-0.1, -0.05) is 0 Å². The number of hydrogen-bond donors (Lipinski definition) is 1. The maximum atomic E-state index is 12.3. The lowest BCUT2D eigenvalue weighted by molar-refractivity contribution is -0.00605. The van der Waals surface area contributed by atoms with Crippen molar-refractivity contribution in [1.29, 1.82) is 0 Å². The molecule has 1 heterocycles. The molecule has 0 spiro atoms. The maximum Gasteiger partial charge on any atom is 0.268 e. The Morgan fingerprint density at radius 1 is 1.25 bits per heavy atom. The van der Waals surface area contributed by atoms with Crippen molar-refractivity contribution in [2.75, 3.05) is 13.2 Å². The zero-order valence-electron chi connectivity index (χ0n) is 8.12. The molecule has 0 fully saturated rings. The number of aliphatic hydroxyl groups is 1. The van der Waals surface area contributed by atoms with Gasteiger partial charge in [0.15, 0.2) is 11.5 Å². The molecule has 16 heavy (non-hydrogen) atoms. The average Bonchev–Trinajstić information content (AvgIpc) is 2.28. The van der Waals surface area contributed by atoms with E-state index >= 15 is 0 Å². The van der Waals surface area contributed by atoms with E-state index in [2.05, 4.69) is 15.9 Å². The standard InChI is InChI=1S/C10H9BrF2O3/c11-6-3-5(8(14)10(12)13)4-7-9(6)16-2-1-15-7/h3-4,8,10,14H,1-2H2. The van der Waals surface area contributed by atoms with Crippen LogP contribution in [0.3, 0.4) is 0 Å². The van der Waals surface area contributed by atoms with Crippen molar-refractivity contribution in [2.24, 2.45) is 0 Å². The molecule has 0 amide bonds. The number of ether oxygens (including phenoxy) is 2. The molecule has 1 atom stereocenters.